The molecule has 0 bridgehead atoms. The van der Waals surface area contributed by atoms with Gasteiger partial charge in [-0.05, 0) is 29.8 Å². The molecule has 0 fully saturated rings. The van der Waals surface area contributed by atoms with Crippen molar-refractivity contribution < 1.29 is 9.18 Å². The van der Waals surface area contributed by atoms with Crippen molar-refractivity contribution in [3.05, 3.63) is 59.4 Å². The molecule has 0 aromatic heterocycles. The van der Waals surface area contributed by atoms with Gasteiger partial charge >= 0.3 is 0 Å². The molecule has 2 aromatic carbocycles. The topological polar surface area (TPSA) is 64.9 Å². The van der Waals surface area contributed by atoms with Crippen molar-refractivity contribution in [2.45, 2.75) is 5.92 Å². The van der Waals surface area contributed by atoms with Crippen molar-refractivity contribution in [1.82, 2.24) is 0 Å². The molecular weight excluding hydrogens is 269 g/mol. The van der Waals surface area contributed by atoms with Crippen molar-refractivity contribution in [3.63, 3.8) is 0 Å². The van der Waals surface area contributed by atoms with Gasteiger partial charge in [-0.25, -0.2) is 4.39 Å². The Balaban J connectivity index is 1.81. The third kappa shape index (κ3) is 2.43. The zero-order valence-electron chi connectivity index (χ0n) is 11.1. The Kier molecular flexibility index (Phi) is 3.28. The monoisotopic (exact) mass is 281 g/mol. The van der Waals surface area contributed by atoms with Crippen molar-refractivity contribution in [1.29, 1.82) is 5.26 Å². The van der Waals surface area contributed by atoms with Crippen molar-refractivity contribution >= 4 is 17.3 Å². The van der Waals surface area contributed by atoms with E-state index in [2.05, 4.69) is 10.6 Å². The normalized spacial score (nSPS) is 15.7. The number of hydrogen-bond acceptors (Lipinski definition) is 3. The zero-order valence-corrected chi connectivity index (χ0v) is 11.1. The summed E-state index contributed by atoms with van der Waals surface area (Å²) in [6.45, 7) is 0.525. The van der Waals surface area contributed by atoms with Gasteiger partial charge in [0.1, 0.15) is 11.9 Å². The summed E-state index contributed by atoms with van der Waals surface area (Å²) in [6, 6.07) is 13.3. The lowest BCUT2D eigenvalue weighted by atomic mass is 10.0. The number of nitrogens with zero attached hydrogens (tertiary/aromatic N) is 1. The van der Waals surface area contributed by atoms with Crippen LogP contribution >= 0.6 is 0 Å². The van der Waals surface area contributed by atoms with Crippen LogP contribution in [0, 0.1) is 17.1 Å². The number of rotatable bonds is 2. The maximum Gasteiger partial charge on any atom is 0.233 e. The molecule has 1 aliphatic heterocycles. The minimum Gasteiger partial charge on any atom is -0.384 e. The van der Waals surface area contributed by atoms with Gasteiger partial charge in [-0.3, -0.25) is 4.79 Å². The van der Waals surface area contributed by atoms with E-state index in [9.17, 15) is 9.18 Å². The average molecular weight is 281 g/mol. The summed E-state index contributed by atoms with van der Waals surface area (Å²) in [5.74, 6) is -1.07. The number of anilines is 2. The Morgan fingerprint density at radius 2 is 2.14 bits per heavy atom. The van der Waals surface area contributed by atoms with Crippen molar-refractivity contribution in [2.24, 2.45) is 0 Å². The Hall–Kier alpha value is -2.87. The minimum atomic E-state index is -0.594. The van der Waals surface area contributed by atoms with Gasteiger partial charge < -0.3 is 10.6 Å². The summed E-state index contributed by atoms with van der Waals surface area (Å²) in [6.07, 6.45) is 0. The fourth-order valence-corrected chi connectivity index (χ4v) is 2.44. The quantitative estimate of drug-likeness (QED) is 0.889. The van der Waals surface area contributed by atoms with E-state index >= 15 is 0 Å². The van der Waals surface area contributed by atoms with Gasteiger partial charge in [-0.15, -0.1) is 0 Å². The second-order valence-electron chi connectivity index (χ2n) is 4.82. The van der Waals surface area contributed by atoms with Crippen LogP contribution < -0.4 is 10.6 Å². The van der Waals surface area contributed by atoms with E-state index < -0.39 is 5.82 Å². The van der Waals surface area contributed by atoms with E-state index in [1.165, 1.54) is 18.2 Å². The van der Waals surface area contributed by atoms with E-state index in [1.807, 2.05) is 24.3 Å². The van der Waals surface area contributed by atoms with Gasteiger partial charge in [0.05, 0.1) is 11.5 Å². The third-order valence-electron chi connectivity index (χ3n) is 3.50. The van der Waals surface area contributed by atoms with Crippen LogP contribution in [0.25, 0.3) is 0 Å². The molecule has 1 unspecified atom stereocenters. The van der Waals surface area contributed by atoms with Crippen LogP contribution in [0.4, 0.5) is 15.8 Å². The molecule has 3 rings (SSSR count). The Bertz CT molecular complexity index is 751. The molecule has 0 radical (unpaired) electrons. The molecule has 1 heterocycles. The molecule has 4 nitrogen and oxygen atoms in total. The third-order valence-corrected chi connectivity index (χ3v) is 3.50. The van der Waals surface area contributed by atoms with E-state index in [0.29, 0.717) is 12.2 Å². The lowest BCUT2D eigenvalue weighted by molar-refractivity contribution is -0.117. The van der Waals surface area contributed by atoms with Gasteiger partial charge in [-0.2, -0.15) is 5.26 Å². The highest BCUT2D eigenvalue weighted by Gasteiger charge is 2.28. The maximum absolute atomic E-state index is 13.3. The first-order chi connectivity index (χ1) is 10.2. The van der Waals surface area contributed by atoms with E-state index in [4.69, 9.17) is 5.26 Å². The number of halogens is 1. The highest BCUT2D eigenvalue weighted by atomic mass is 19.1. The van der Waals surface area contributed by atoms with Crippen molar-refractivity contribution in [2.75, 3.05) is 17.2 Å². The summed E-state index contributed by atoms with van der Waals surface area (Å²) < 4.78 is 13.3. The van der Waals surface area contributed by atoms with Crippen LogP contribution in [0.5, 0.6) is 0 Å². The van der Waals surface area contributed by atoms with Crippen molar-refractivity contribution in [3.8, 4) is 6.07 Å². The van der Waals surface area contributed by atoms with E-state index in [-0.39, 0.29) is 17.4 Å². The molecule has 1 amide bonds. The summed E-state index contributed by atoms with van der Waals surface area (Å²) >= 11 is 0. The van der Waals surface area contributed by atoms with Crippen LogP contribution in [0.2, 0.25) is 0 Å². The largest absolute Gasteiger partial charge is 0.384 e. The molecule has 0 spiro atoms. The molecule has 0 aliphatic carbocycles. The van der Waals surface area contributed by atoms with Crippen LogP contribution in [-0.2, 0) is 4.79 Å². The highest BCUT2D eigenvalue weighted by molar-refractivity contribution is 5.98. The first kappa shape index (κ1) is 13.1. The Morgan fingerprint density at radius 3 is 2.95 bits per heavy atom. The van der Waals surface area contributed by atoms with Gasteiger partial charge in [-0.1, -0.05) is 18.2 Å². The maximum atomic E-state index is 13.3. The lowest BCUT2D eigenvalue weighted by Crippen LogP contribution is -2.22. The molecular formula is C16H12FN3O. The summed E-state index contributed by atoms with van der Waals surface area (Å²) in [7, 11) is 0. The molecule has 0 saturated carbocycles. The number of hydrogen-bond donors (Lipinski definition) is 2. The fraction of sp³-hybridized carbons (Fsp3) is 0.125. The number of carbonyl (C=O) groups is 1. The van der Waals surface area contributed by atoms with Gasteiger partial charge in [0.15, 0.2) is 0 Å². The number of nitrogens with one attached hydrogen (secondary N) is 2. The molecule has 104 valence electrons. The predicted molar refractivity (Wildman–Crippen MR) is 77.4 cm³/mol. The standard InChI is InChI=1S/C16H12FN3O/c17-14-6-5-11(7-10(14)8-18)20-16(21)13-9-19-15-4-2-1-3-12(13)15/h1-7,13,19H,9H2,(H,20,21). The van der Waals surface area contributed by atoms with E-state index in [1.54, 1.807) is 6.07 Å². The molecule has 2 aromatic rings. The Morgan fingerprint density at radius 1 is 1.33 bits per heavy atom. The predicted octanol–water partition coefficient (Wildman–Crippen LogP) is 2.85. The van der Waals surface area contributed by atoms with Crippen LogP contribution in [0.1, 0.15) is 17.0 Å². The lowest BCUT2D eigenvalue weighted by Gasteiger charge is -2.11. The zero-order chi connectivity index (χ0) is 14.8. The first-order valence-electron chi connectivity index (χ1n) is 6.52. The number of nitriles is 1. The number of carbonyl (C=O) groups excluding carboxylic acids is 1. The number of fused-ring (bicyclic) bond motifs is 1. The summed E-state index contributed by atoms with van der Waals surface area (Å²) in [5.41, 5.74) is 2.23. The number of amides is 1. The summed E-state index contributed by atoms with van der Waals surface area (Å²) in [4.78, 5) is 12.3. The fourth-order valence-electron chi connectivity index (χ4n) is 2.44. The van der Waals surface area contributed by atoms with Gasteiger partial charge in [0.2, 0.25) is 5.91 Å². The average Bonchev–Trinajstić information content (AvgIpc) is 2.93. The molecule has 21 heavy (non-hydrogen) atoms. The molecule has 1 aliphatic rings. The second kappa shape index (κ2) is 5.25. The SMILES string of the molecule is N#Cc1cc(NC(=O)C2CNc3ccccc32)ccc1F. The molecule has 0 saturated heterocycles. The van der Waals surface area contributed by atoms with Crippen LogP contribution in [0.3, 0.4) is 0 Å². The molecule has 5 heteroatoms. The van der Waals surface area contributed by atoms with E-state index in [0.717, 1.165) is 11.3 Å². The van der Waals surface area contributed by atoms with Crippen LogP contribution in [0.15, 0.2) is 42.5 Å². The number of benzene rings is 2. The van der Waals surface area contributed by atoms with Crippen LogP contribution in [-0.4, -0.2) is 12.5 Å². The van der Waals surface area contributed by atoms with Gasteiger partial charge in [0.25, 0.3) is 0 Å². The molecule has 2 N–H and O–H groups in total. The number of para-hydroxylation sites is 1. The molecule has 1 atom stereocenters. The summed E-state index contributed by atoms with van der Waals surface area (Å²) in [5, 5.41) is 14.7. The minimum absolute atomic E-state index is 0.0854. The smallest absolute Gasteiger partial charge is 0.233 e. The highest BCUT2D eigenvalue weighted by Crippen LogP contribution is 2.31. The second-order valence-corrected chi connectivity index (χ2v) is 4.82. The first-order valence-corrected chi connectivity index (χ1v) is 6.52. The Labute approximate surface area is 121 Å². The van der Waals surface area contributed by atoms with Gasteiger partial charge in [0, 0.05) is 17.9 Å².